The van der Waals surface area contributed by atoms with Crippen LogP contribution in [0.25, 0.3) is 22.1 Å². The van der Waals surface area contributed by atoms with E-state index in [2.05, 4.69) is 5.32 Å². The summed E-state index contributed by atoms with van der Waals surface area (Å²) in [7, 11) is 1.60. The summed E-state index contributed by atoms with van der Waals surface area (Å²) in [5, 5.41) is 12.3. The number of hydrogen-bond acceptors (Lipinski definition) is 6. The number of aliphatic hydroxyl groups is 1. The van der Waals surface area contributed by atoms with Crippen molar-refractivity contribution < 1.29 is 23.8 Å². The van der Waals surface area contributed by atoms with Crippen molar-refractivity contribution in [3.05, 3.63) is 58.4 Å². The van der Waals surface area contributed by atoms with Gasteiger partial charge in [0.05, 0.1) is 7.11 Å². The van der Waals surface area contributed by atoms with Gasteiger partial charge >= 0.3 is 5.63 Å². The number of benzene rings is 2. The van der Waals surface area contributed by atoms with Crippen LogP contribution >= 0.6 is 0 Å². The predicted molar refractivity (Wildman–Crippen MR) is 114 cm³/mol. The van der Waals surface area contributed by atoms with E-state index in [0.29, 0.717) is 29.9 Å². The number of ether oxygens (including phenoxy) is 2. The highest BCUT2D eigenvalue weighted by Gasteiger charge is 2.18. The van der Waals surface area contributed by atoms with Crippen molar-refractivity contribution in [2.24, 2.45) is 0 Å². The van der Waals surface area contributed by atoms with E-state index in [1.807, 2.05) is 30.3 Å². The van der Waals surface area contributed by atoms with E-state index in [1.165, 1.54) is 6.07 Å². The average Bonchev–Trinajstić information content (AvgIpc) is 2.75. The number of aliphatic hydroxyl groups excluding tert-OH is 1. The van der Waals surface area contributed by atoms with Gasteiger partial charge in [-0.25, -0.2) is 4.79 Å². The zero-order chi connectivity index (χ0) is 21.7. The Labute approximate surface area is 174 Å². The van der Waals surface area contributed by atoms with Gasteiger partial charge in [0.2, 0.25) is 0 Å². The van der Waals surface area contributed by atoms with Crippen LogP contribution in [0.3, 0.4) is 0 Å². The third kappa shape index (κ3) is 4.63. The van der Waals surface area contributed by atoms with Crippen LogP contribution < -0.4 is 20.4 Å². The lowest BCUT2D eigenvalue weighted by Crippen LogP contribution is -2.37. The Morgan fingerprint density at radius 3 is 2.60 bits per heavy atom. The zero-order valence-corrected chi connectivity index (χ0v) is 17.2. The zero-order valence-electron chi connectivity index (χ0n) is 17.2. The number of carbonyl (C=O) groups is 1. The molecule has 7 heteroatoms. The standard InChI is InChI=1S/C23H25NO6/c1-14-20(29-15(2)23(27)24-11-4-12-25)10-9-18-19(13-21(26)30-22(14)18)16-5-7-17(28-3)8-6-16/h5-10,13,15,25H,4,11-12H2,1-3H3,(H,24,27)/t15-/m1/s1. The minimum Gasteiger partial charge on any atom is -0.497 e. The molecule has 1 heterocycles. The molecule has 0 unspecified atom stereocenters. The van der Waals surface area contributed by atoms with Crippen molar-refractivity contribution in [3.8, 4) is 22.6 Å². The van der Waals surface area contributed by atoms with Gasteiger partial charge in [0.15, 0.2) is 6.10 Å². The lowest BCUT2D eigenvalue weighted by Gasteiger charge is -2.17. The Kier molecular flexibility index (Phi) is 6.74. The third-order valence-corrected chi connectivity index (χ3v) is 4.82. The van der Waals surface area contributed by atoms with Gasteiger partial charge in [-0.15, -0.1) is 0 Å². The first kappa shape index (κ1) is 21.4. The molecule has 0 saturated heterocycles. The molecular formula is C23H25NO6. The van der Waals surface area contributed by atoms with Crippen molar-refractivity contribution >= 4 is 16.9 Å². The van der Waals surface area contributed by atoms with Crippen LogP contribution in [0.15, 0.2) is 51.7 Å². The Morgan fingerprint density at radius 1 is 1.20 bits per heavy atom. The van der Waals surface area contributed by atoms with Gasteiger partial charge in [0.25, 0.3) is 5.91 Å². The summed E-state index contributed by atoms with van der Waals surface area (Å²) in [5.74, 6) is 0.905. The highest BCUT2D eigenvalue weighted by atomic mass is 16.5. The molecule has 1 aromatic heterocycles. The van der Waals surface area contributed by atoms with Crippen LogP contribution in [-0.2, 0) is 4.79 Å². The Bertz CT molecular complexity index is 1090. The molecule has 0 spiro atoms. The van der Waals surface area contributed by atoms with Crippen molar-refractivity contribution in [2.75, 3.05) is 20.3 Å². The Hall–Kier alpha value is -3.32. The maximum atomic E-state index is 12.2. The number of methoxy groups -OCH3 is 1. The fraction of sp³-hybridized carbons (Fsp3) is 0.304. The number of rotatable bonds is 8. The van der Waals surface area contributed by atoms with Gasteiger partial charge in [-0.2, -0.15) is 0 Å². The molecule has 0 aliphatic rings. The summed E-state index contributed by atoms with van der Waals surface area (Å²) in [5.41, 5.74) is 2.18. The molecule has 2 N–H and O–H groups in total. The summed E-state index contributed by atoms with van der Waals surface area (Å²) in [6, 6.07) is 12.5. The first-order valence-electron chi connectivity index (χ1n) is 9.71. The maximum absolute atomic E-state index is 12.2. The van der Waals surface area contributed by atoms with E-state index in [0.717, 1.165) is 22.3 Å². The van der Waals surface area contributed by atoms with Gasteiger partial charge in [0.1, 0.15) is 17.1 Å². The minimum atomic E-state index is -0.740. The molecular weight excluding hydrogens is 386 g/mol. The maximum Gasteiger partial charge on any atom is 0.336 e. The van der Waals surface area contributed by atoms with Crippen molar-refractivity contribution in [1.82, 2.24) is 5.32 Å². The van der Waals surface area contributed by atoms with E-state index in [9.17, 15) is 9.59 Å². The first-order valence-corrected chi connectivity index (χ1v) is 9.71. The van der Waals surface area contributed by atoms with Crippen LogP contribution in [0.5, 0.6) is 11.5 Å². The molecule has 0 aliphatic heterocycles. The molecule has 0 radical (unpaired) electrons. The number of aryl methyl sites for hydroxylation is 1. The molecule has 1 amide bonds. The molecule has 3 rings (SSSR count). The summed E-state index contributed by atoms with van der Waals surface area (Å²) in [6.45, 7) is 3.81. The van der Waals surface area contributed by atoms with Crippen molar-refractivity contribution in [1.29, 1.82) is 0 Å². The minimum absolute atomic E-state index is 0.00879. The topological polar surface area (TPSA) is 98.0 Å². The normalized spacial score (nSPS) is 11.9. The molecule has 30 heavy (non-hydrogen) atoms. The second-order valence-corrected chi connectivity index (χ2v) is 6.90. The Morgan fingerprint density at radius 2 is 1.93 bits per heavy atom. The number of carbonyl (C=O) groups excluding carboxylic acids is 1. The van der Waals surface area contributed by atoms with E-state index in [1.54, 1.807) is 27.0 Å². The summed E-state index contributed by atoms with van der Waals surface area (Å²) < 4.78 is 16.5. The molecule has 7 nitrogen and oxygen atoms in total. The molecule has 3 aromatic rings. The van der Waals surface area contributed by atoms with Crippen molar-refractivity contribution in [2.45, 2.75) is 26.4 Å². The smallest absolute Gasteiger partial charge is 0.336 e. The second-order valence-electron chi connectivity index (χ2n) is 6.90. The first-order chi connectivity index (χ1) is 14.4. The number of fused-ring (bicyclic) bond motifs is 1. The van der Waals surface area contributed by atoms with Gasteiger partial charge in [-0.05, 0) is 55.7 Å². The van der Waals surface area contributed by atoms with Crippen molar-refractivity contribution in [3.63, 3.8) is 0 Å². The summed E-state index contributed by atoms with van der Waals surface area (Å²) in [4.78, 5) is 24.4. The average molecular weight is 411 g/mol. The van der Waals surface area contributed by atoms with Crippen LogP contribution in [0.1, 0.15) is 18.9 Å². The van der Waals surface area contributed by atoms with Gasteiger partial charge in [-0.3, -0.25) is 4.79 Å². The highest BCUT2D eigenvalue weighted by molar-refractivity contribution is 5.95. The quantitative estimate of drug-likeness (QED) is 0.437. The number of nitrogens with one attached hydrogen (secondary N) is 1. The lowest BCUT2D eigenvalue weighted by molar-refractivity contribution is -0.127. The number of amides is 1. The summed E-state index contributed by atoms with van der Waals surface area (Å²) >= 11 is 0. The third-order valence-electron chi connectivity index (χ3n) is 4.82. The molecule has 0 bridgehead atoms. The fourth-order valence-corrected chi connectivity index (χ4v) is 3.16. The fourth-order valence-electron chi connectivity index (χ4n) is 3.16. The van der Waals surface area contributed by atoms with Gasteiger partial charge in [0, 0.05) is 30.2 Å². The lowest BCUT2D eigenvalue weighted by atomic mass is 10.00. The molecule has 1 atom stereocenters. The van der Waals surface area contributed by atoms with Crippen LogP contribution in [0, 0.1) is 6.92 Å². The van der Waals surface area contributed by atoms with Crippen LogP contribution in [0.4, 0.5) is 0 Å². The van der Waals surface area contributed by atoms with E-state index >= 15 is 0 Å². The second kappa shape index (κ2) is 9.45. The largest absolute Gasteiger partial charge is 0.497 e. The molecule has 158 valence electrons. The Balaban J connectivity index is 1.94. The summed E-state index contributed by atoms with van der Waals surface area (Å²) in [6.07, 6.45) is -0.261. The van der Waals surface area contributed by atoms with Crippen LogP contribution in [-0.4, -0.2) is 37.4 Å². The van der Waals surface area contributed by atoms with E-state index in [4.69, 9.17) is 19.0 Å². The van der Waals surface area contributed by atoms with E-state index < -0.39 is 11.7 Å². The van der Waals surface area contributed by atoms with Crippen LogP contribution in [0.2, 0.25) is 0 Å². The molecule has 0 fully saturated rings. The van der Waals surface area contributed by atoms with Gasteiger partial charge < -0.3 is 24.3 Å². The monoisotopic (exact) mass is 411 g/mol. The molecule has 0 aliphatic carbocycles. The molecule has 0 saturated carbocycles. The molecule has 2 aromatic carbocycles. The van der Waals surface area contributed by atoms with E-state index in [-0.39, 0.29) is 12.5 Å². The SMILES string of the molecule is COc1ccc(-c2cc(=O)oc3c(C)c(O[C@H](C)C(=O)NCCCO)ccc23)cc1. The number of hydrogen-bond donors (Lipinski definition) is 2. The van der Waals surface area contributed by atoms with Gasteiger partial charge in [-0.1, -0.05) is 12.1 Å². The predicted octanol–water partition coefficient (Wildman–Crippen LogP) is 3.04. The highest BCUT2D eigenvalue weighted by Crippen LogP contribution is 2.34.